The van der Waals surface area contributed by atoms with Gasteiger partial charge in [-0.15, -0.1) is 0 Å². The molecule has 8 heteroatoms. The Kier molecular flexibility index (Phi) is 8.41. The highest BCUT2D eigenvalue weighted by atomic mass is 32.2. The van der Waals surface area contributed by atoms with Gasteiger partial charge in [0.1, 0.15) is 5.76 Å². The summed E-state index contributed by atoms with van der Waals surface area (Å²) in [6, 6.07) is 10.7. The highest BCUT2D eigenvalue weighted by Crippen LogP contribution is 2.12. The van der Waals surface area contributed by atoms with Gasteiger partial charge in [-0.1, -0.05) is 61.7 Å². The maximum Gasteiger partial charge on any atom is 0.240 e. The fraction of sp³-hybridized carbons (Fsp3) is 0.400. The van der Waals surface area contributed by atoms with Crippen molar-refractivity contribution < 1.29 is 17.7 Å². The monoisotopic (exact) mass is 405 g/mol. The molecule has 0 bridgehead atoms. The Morgan fingerprint density at radius 3 is 2.61 bits per heavy atom. The number of benzene rings is 1. The lowest BCUT2D eigenvalue weighted by Crippen LogP contribution is -2.37. The molecule has 7 nitrogen and oxygen atoms in total. The lowest BCUT2D eigenvalue weighted by Gasteiger charge is -2.19. The molecule has 2 rings (SSSR count). The third-order valence-corrected chi connectivity index (χ3v) is 5.58. The molecule has 1 aromatic carbocycles. The Morgan fingerprint density at radius 2 is 1.96 bits per heavy atom. The first kappa shape index (κ1) is 21.8. The van der Waals surface area contributed by atoms with Crippen molar-refractivity contribution in [3.05, 3.63) is 53.1 Å². The van der Waals surface area contributed by atoms with Crippen molar-refractivity contribution in [1.82, 2.24) is 9.46 Å². The topological polar surface area (TPSA) is 92.5 Å². The van der Waals surface area contributed by atoms with Crippen LogP contribution in [0.2, 0.25) is 0 Å². The highest BCUT2D eigenvalue weighted by Gasteiger charge is 2.22. The van der Waals surface area contributed by atoms with E-state index in [4.69, 9.17) is 4.52 Å². The smallest absolute Gasteiger partial charge is 0.240 e. The molecule has 0 unspecified atom stereocenters. The summed E-state index contributed by atoms with van der Waals surface area (Å²) in [5.41, 5.74) is 0.777. The normalized spacial score (nSPS) is 12.0. The summed E-state index contributed by atoms with van der Waals surface area (Å²) >= 11 is 0. The van der Waals surface area contributed by atoms with E-state index in [0.29, 0.717) is 12.2 Å². The molecule has 1 aromatic heterocycles. The van der Waals surface area contributed by atoms with E-state index in [9.17, 15) is 13.2 Å². The zero-order valence-corrected chi connectivity index (χ0v) is 17.1. The molecule has 0 aliphatic carbocycles. The first-order valence-electron chi connectivity index (χ1n) is 9.37. The van der Waals surface area contributed by atoms with Gasteiger partial charge in [0.25, 0.3) is 0 Å². The summed E-state index contributed by atoms with van der Waals surface area (Å²) in [7, 11) is -3.74. The minimum absolute atomic E-state index is 0.269. The molecular weight excluding hydrogens is 378 g/mol. The first-order valence-corrected chi connectivity index (χ1v) is 10.9. The Bertz CT molecular complexity index is 876. The molecule has 0 atom stereocenters. The van der Waals surface area contributed by atoms with Crippen LogP contribution in [-0.2, 0) is 14.8 Å². The SMILES string of the molecule is CCCCCCN(CC(=O)Nc1cc(C)on1)S(=O)(=O)/C=C/c1ccccc1. The number of nitrogens with one attached hydrogen (secondary N) is 1. The zero-order chi connectivity index (χ0) is 20.4. The van der Waals surface area contributed by atoms with Gasteiger partial charge in [0, 0.05) is 18.0 Å². The van der Waals surface area contributed by atoms with Crippen LogP contribution in [0.1, 0.15) is 43.9 Å². The number of sulfonamides is 1. The predicted octanol–water partition coefficient (Wildman–Crippen LogP) is 3.80. The zero-order valence-electron chi connectivity index (χ0n) is 16.3. The minimum atomic E-state index is -3.74. The second-order valence-electron chi connectivity index (χ2n) is 6.52. The summed E-state index contributed by atoms with van der Waals surface area (Å²) in [5.74, 6) is 0.372. The van der Waals surface area contributed by atoms with E-state index in [1.807, 2.05) is 30.3 Å². The number of unbranched alkanes of at least 4 members (excludes halogenated alkanes) is 3. The largest absolute Gasteiger partial charge is 0.360 e. The molecule has 2 aromatic rings. The minimum Gasteiger partial charge on any atom is -0.360 e. The molecule has 0 fully saturated rings. The molecule has 0 saturated carbocycles. The molecule has 0 radical (unpaired) electrons. The molecule has 0 spiro atoms. The van der Waals surface area contributed by atoms with Gasteiger partial charge in [0.2, 0.25) is 15.9 Å². The van der Waals surface area contributed by atoms with Gasteiger partial charge >= 0.3 is 0 Å². The number of amides is 1. The second-order valence-corrected chi connectivity index (χ2v) is 8.34. The third-order valence-electron chi connectivity index (χ3n) is 4.07. The van der Waals surface area contributed by atoms with Gasteiger partial charge in [0.15, 0.2) is 5.82 Å². The van der Waals surface area contributed by atoms with Crippen LogP contribution in [0.3, 0.4) is 0 Å². The van der Waals surface area contributed by atoms with Gasteiger partial charge in [-0.3, -0.25) is 4.79 Å². The van der Waals surface area contributed by atoms with E-state index in [1.165, 1.54) is 10.4 Å². The number of aromatic nitrogens is 1. The lowest BCUT2D eigenvalue weighted by atomic mass is 10.2. The molecule has 152 valence electrons. The number of rotatable bonds is 11. The fourth-order valence-corrected chi connectivity index (χ4v) is 3.78. The quantitative estimate of drug-likeness (QED) is 0.574. The molecule has 28 heavy (non-hydrogen) atoms. The number of carbonyl (C=O) groups excluding carboxylic acids is 1. The van der Waals surface area contributed by atoms with E-state index in [-0.39, 0.29) is 18.9 Å². The Morgan fingerprint density at radius 1 is 1.21 bits per heavy atom. The van der Waals surface area contributed by atoms with Crippen LogP contribution in [-0.4, -0.2) is 36.9 Å². The standard InChI is InChI=1S/C20H27N3O4S/c1-3-4-5-9-13-23(16-20(24)21-19-15-17(2)27-22-19)28(25,26)14-12-18-10-7-6-8-11-18/h6-8,10-12,14-15H,3-5,9,13,16H2,1-2H3,(H,21,22,24)/b14-12+. The lowest BCUT2D eigenvalue weighted by molar-refractivity contribution is -0.116. The van der Waals surface area contributed by atoms with Crippen molar-refractivity contribution in [2.45, 2.75) is 39.5 Å². The molecule has 1 N–H and O–H groups in total. The molecule has 1 amide bonds. The van der Waals surface area contributed by atoms with Crippen LogP contribution in [0.25, 0.3) is 6.08 Å². The van der Waals surface area contributed by atoms with E-state index in [2.05, 4.69) is 17.4 Å². The van der Waals surface area contributed by atoms with Gasteiger partial charge in [-0.05, 0) is 25.0 Å². The Labute approximate surface area is 166 Å². The average Bonchev–Trinajstić information content (AvgIpc) is 3.08. The van der Waals surface area contributed by atoms with Crippen LogP contribution in [0, 0.1) is 6.92 Å². The Hall–Kier alpha value is -2.45. The maximum atomic E-state index is 12.8. The van der Waals surface area contributed by atoms with Crippen LogP contribution in [0.15, 0.2) is 46.3 Å². The van der Waals surface area contributed by atoms with E-state index in [1.54, 1.807) is 13.0 Å². The molecule has 0 saturated heterocycles. The number of hydrogen-bond donors (Lipinski definition) is 1. The first-order chi connectivity index (χ1) is 13.4. The average molecular weight is 406 g/mol. The van der Waals surface area contributed by atoms with Crippen molar-refractivity contribution in [3.63, 3.8) is 0 Å². The molecule has 0 aliphatic heterocycles. The van der Waals surface area contributed by atoms with Crippen LogP contribution >= 0.6 is 0 Å². The van der Waals surface area contributed by atoms with Crippen molar-refractivity contribution in [2.75, 3.05) is 18.4 Å². The molecule has 0 aliphatic rings. The van der Waals surface area contributed by atoms with Crippen molar-refractivity contribution in [2.24, 2.45) is 0 Å². The van der Waals surface area contributed by atoms with E-state index < -0.39 is 15.9 Å². The van der Waals surface area contributed by atoms with Gasteiger partial charge in [-0.2, -0.15) is 4.31 Å². The van der Waals surface area contributed by atoms with Gasteiger partial charge in [0.05, 0.1) is 6.54 Å². The number of hydrogen-bond acceptors (Lipinski definition) is 5. The number of aryl methyl sites for hydroxylation is 1. The molecule has 1 heterocycles. The predicted molar refractivity (Wildman–Crippen MR) is 110 cm³/mol. The number of carbonyl (C=O) groups is 1. The second kappa shape index (κ2) is 10.8. The van der Waals surface area contributed by atoms with Crippen LogP contribution in [0.4, 0.5) is 5.82 Å². The van der Waals surface area contributed by atoms with E-state index >= 15 is 0 Å². The van der Waals surface area contributed by atoms with Crippen molar-refractivity contribution >= 4 is 27.8 Å². The number of anilines is 1. The molecular formula is C20H27N3O4S. The number of nitrogens with zero attached hydrogens (tertiary/aromatic N) is 2. The Balaban J connectivity index is 2.07. The van der Waals surface area contributed by atoms with Gasteiger partial charge < -0.3 is 9.84 Å². The summed E-state index contributed by atoms with van der Waals surface area (Å²) in [6.07, 6.45) is 5.22. The van der Waals surface area contributed by atoms with Crippen LogP contribution in [0.5, 0.6) is 0 Å². The van der Waals surface area contributed by atoms with Gasteiger partial charge in [-0.25, -0.2) is 8.42 Å². The summed E-state index contributed by atoms with van der Waals surface area (Å²) < 4.78 is 31.7. The highest BCUT2D eigenvalue weighted by molar-refractivity contribution is 7.92. The van der Waals surface area contributed by atoms with Crippen molar-refractivity contribution in [1.29, 1.82) is 0 Å². The van der Waals surface area contributed by atoms with Crippen LogP contribution < -0.4 is 5.32 Å². The summed E-state index contributed by atoms with van der Waals surface area (Å²) in [4.78, 5) is 12.3. The summed E-state index contributed by atoms with van der Waals surface area (Å²) in [6.45, 7) is 3.80. The maximum absolute atomic E-state index is 12.8. The third kappa shape index (κ3) is 7.28. The van der Waals surface area contributed by atoms with E-state index in [0.717, 1.165) is 30.2 Å². The fourth-order valence-electron chi connectivity index (χ4n) is 2.59. The van der Waals surface area contributed by atoms with Crippen molar-refractivity contribution in [3.8, 4) is 0 Å². The summed E-state index contributed by atoms with van der Waals surface area (Å²) in [5, 5.41) is 7.41.